The van der Waals surface area contributed by atoms with Gasteiger partial charge >= 0.3 is 5.63 Å². The highest BCUT2D eigenvalue weighted by Gasteiger charge is 2.28. The summed E-state index contributed by atoms with van der Waals surface area (Å²) >= 11 is 0. The van der Waals surface area contributed by atoms with Gasteiger partial charge in [0.05, 0.1) is 28.7 Å². The number of hydrogen-bond acceptors (Lipinski definition) is 8. The molecule has 2 aromatic rings. The van der Waals surface area contributed by atoms with Gasteiger partial charge in [-0.25, -0.2) is 4.79 Å². The number of carbonyl (C=O) groups excluding carboxylic acids is 2. The zero-order valence-electron chi connectivity index (χ0n) is 15.6. The van der Waals surface area contributed by atoms with E-state index in [1.807, 2.05) is 0 Å². The van der Waals surface area contributed by atoms with E-state index in [1.165, 1.54) is 26.0 Å². The zero-order valence-corrected chi connectivity index (χ0v) is 15.6. The van der Waals surface area contributed by atoms with Crippen molar-refractivity contribution in [2.75, 3.05) is 12.3 Å². The summed E-state index contributed by atoms with van der Waals surface area (Å²) in [6, 6.07) is 1.22. The van der Waals surface area contributed by atoms with Gasteiger partial charge in [0.15, 0.2) is 11.6 Å². The van der Waals surface area contributed by atoms with Crippen molar-refractivity contribution in [3.63, 3.8) is 0 Å². The van der Waals surface area contributed by atoms with Crippen molar-refractivity contribution in [2.45, 2.75) is 45.2 Å². The number of unbranched alkanes of at least 4 members (excludes halogenated alkanes) is 1. The van der Waals surface area contributed by atoms with E-state index in [0.717, 1.165) is 6.42 Å². The van der Waals surface area contributed by atoms with E-state index in [-0.39, 0.29) is 39.1 Å². The molecule has 0 radical (unpaired) electrons. The Labute approximate surface area is 156 Å². The maximum absolute atomic E-state index is 12.9. The molecule has 0 amide bonds. The van der Waals surface area contributed by atoms with E-state index in [0.29, 0.717) is 19.4 Å². The summed E-state index contributed by atoms with van der Waals surface area (Å²) < 4.78 is 5.23. The average molecular weight is 374 g/mol. The second kappa shape index (κ2) is 8.43. The van der Waals surface area contributed by atoms with Gasteiger partial charge in [-0.3, -0.25) is 9.59 Å². The largest absolute Gasteiger partial charge is 0.422 e. The zero-order chi connectivity index (χ0) is 20.3. The summed E-state index contributed by atoms with van der Waals surface area (Å²) in [4.78, 5) is 37.6. The molecule has 27 heavy (non-hydrogen) atoms. The summed E-state index contributed by atoms with van der Waals surface area (Å²) in [6.45, 7) is 3.52. The Morgan fingerprint density at radius 2 is 1.81 bits per heavy atom. The predicted molar refractivity (Wildman–Crippen MR) is 105 cm³/mol. The molecular weight excluding hydrogens is 348 g/mol. The fourth-order valence-electron chi connectivity index (χ4n) is 2.94. The van der Waals surface area contributed by atoms with Gasteiger partial charge in [0.2, 0.25) is 0 Å². The maximum Gasteiger partial charge on any atom is 0.341 e. The fraction of sp³-hybridized carbons (Fsp3) is 0.421. The molecule has 0 saturated heterocycles. The molecule has 8 nitrogen and oxygen atoms in total. The van der Waals surface area contributed by atoms with Crippen LogP contribution in [0.15, 0.2) is 21.3 Å². The number of fused-ring (bicyclic) bond motifs is 1. The van der Waals surface area contributed by atoms with Crippen molar-refractivity contribution in [3.05, 3.63) is 39.2 Å². The molecule has 146 valence electrons. The quantitative estimate of drug-likeness (QED) is 0.299. The van der Waals surface area contributed by atoms with Gasteiger partial charge in [0.25, 0.3) is 0 Å². The second-order valence-electron chi connectivity index (χ2n) is 6.70. The van der Waals surface area contributed by atoms with Gasteiger partial charge in [0.1, 0.15) is 5.58 Å². The lowest BCUT2D eigenvalue weighted by Gasteiger charge is -2.17. The van der Waals surface area contributed by atoms with Crippen molar-refractivity contribution in [1.29, 1.82) is 0 Å². The molecule has 0 aliphatic heterocycles. The lowest BCUT2D eigenvalue weighted by molar-refractivity contribution is 0.0929. The van der Waals surface area contributed by atoms with Gasteiger partial charge in [0, 0.05) is 11.1 Å². The van der Waals surface area contributed by atoms with Crippen LogP contribution in [0.4, 0.5) is 5.69 Å². The minimum atomic E-state index is -0.873. The van der Waals surface area contributed by atoms with Crippen molar-refractivity contribution in [2.24, 2.45) is 17.2 Å². The maximum atomic E-state index is 12.9. The molecule has 8 N–H and O–H groups in total. The third kappa shape index (κ3) is 4.08. The molecular formula is C19H26N4O4. The number of carbonyl (C=O) groups is 2. The predicted octanol–water partition coefficient (Wildman–Crippen LogP) is 0.853. The van der Waals surface area contributed by atoms with Crippen LogP contribution in [0.25, 0.3) is 11.0 Å². The standard InChI is InChI=1S/C19H26N4O4/c1-9-16(23)15-13(27-19(9)26)7-6-11(14(15)17(24)10(2)21)18(25)12(22)5-3-4-8-20/h6-7,10,12H,3-5,8,20-23H2,1-2H3. The molecule has 1 heterocycles. The summed E-state index contributed by atoms with van der Waals surface area (Å²) in [5, 5.41) is 0.217. The Balaban J connectivity index is 2.69. The summed E-state index contributed by atoms with van der Waals surface area (Å²) in [6.07, 6.45) is 1.89. The lowest BCUT2D eigenvalue weighted by atomic mass is 9.89. The number of nitrogens with two attached hydrogens (primary N) is 4. The first-order valence-corrected chi connectivity index (χ1v) is 8.86. The Bertz CT molecular complexity index is 933. The summed E-state index contributed by atoms with van der Waals surface area (Å²) in [5.41, 5.74) is 23.3. The van der Waals surface area contributed by atoms with Crippen LogP contribution < -0.4 is 28.6 Å². The van der Waals surface area contributed by atoms with Crippen LogP contribution in [0.3, 0.4) is 0 Å². The minimum Gasteiger partial charge on any atom is -0.422 e. The Kier molecular flexibility index (Phi) is 6.48. The highest BCUT2D eigenvalue weighted by molar-refractivity contribution is 6.20. The molecule has 0 saturated carbocycles. The fourth-order valence-corrected chi connectivity index (χ4v) is 2.94. The van der Waals surface area contributed by atoms with Gasteiger partial charge in [-0.05, 0) is 45.4 Å². The number of hydrogen-bond donors (Lipinski definition) is 4. The first-order chi connectivity index (χ1) is 12.7. The number of ketones is 2. The van der Waals surface area contributed by atoms with E-state index in [4.69, 9.17) is 27.4 Å². The molecule has 0 aliphatic rings. The first kappa shape index (κ1) is 20.8. The Morgan fingerprint density at radius 3 is 2.41 bits per heavy atom. The molecule has 0 aliphatic carbocycles. The third-order valence-electron chi connectivity index (χ3n) is 4.58. The first-order valence-electron chi connectivity index (χ1n) is 8.86. The Hall–Kier alpha value is -2.55. The summed E-state index contributed by atoms with van der Waals surface area (Å²) in [7, 11) is 0. The molecule has 2 unspecified atom stereocenters. The van der Waals surface area contributed by atoms with E-state index < -0.39 is 23.5 Å². The third-order valence-corrected chi connectivity index (χ3v) is 4.58. The topological polar surface area (TPSA) is 168 Å². The molecule has 0 spiro atoms. The van der Waals surface area contributed by atoms with Crippen molar-refractivity contribution in [3.8, 4) is 0 Å². The van der Waals surface area contributed by atoms with Crippen LogP contribution >= 0.6 is 0 Å². The molecule has 0 bridgehead atoms. The molecule has 2 rings (SSSR count). The SMILES string of the molecule is Cc1c(N)c2c(C(=O)C(C)N)c(C(=O)C(N)CCCCN)ccc2oc1=O. The molecule has 1 aromatic heterocycles. The van der Waals surface area contributed by atoms with Crippen LogP contribution in [-0.2, 0) is 0 Å². The monoisotopic (exact) mass is 374 g/mol. The molecule has 0 fully saturated rings. The number of Topliss-reactive ketones (excluding diaryl/α,β-unsaturated/α-hetero) is 2. The molecule has 1 aromatic carbocycles. The van der Waals surface area contributed by atoms with Crippen LogP contribution in [-0.4, -0.2) is 30.2 Å². The average Bonchev–Trinajstić information content (AvgIpc) is 2.64. The number of benzene rings is 1. The van der Waals surface area contributed by atoms with Crippen LogP contribution in [0.2, 0.25) is 0 Å². The highest BCUT2D eigenvalue weighted by Crippen LogP contribution is 2.30. The van der Waals surface area contributed by atoms with Crippen LogP contribution in [0, 0.1) is 6.92 Å². The smallest absolute Gasteiger partial charge is 0.341 e. The minimum absolute atomic E-state index is 0.0473. The lowest BCUT2D eigenvalue weighted by Crippen LogP contribution is -2.34. The van der Waals surface area contributed by atoms with Gasteiger partial charge in [-0.1, -0.05) is 6.42 Å². The Morgan fingerprint density at radius 1 is 1.15 bits per heavy atom. The van der Waals surface area contributed by atoms with Gasteiger partial charge in [-0.15, -0.1) is 0 Å². The van der Waals surface area contributed by atoms with Gasteiger partial charge < -0.3 is 27.4 Å². The number of nitrogen functional groups attached to an aromatic ring is 1. The van der Waals surface area contributed by atoms with E-state index in [2.05, 4.69) is 0 Å². The second-order valence-corrected chi connectivity index (χ2v) is 6.70. The summed E-state index contributed by atoms with van der Waals surface area (Å²) in [5.74, 6) is -0.862. The normalized spacial score (nSPS) is 13.5. The molecule has 8 heteroatoms. The van der Waals surface area contributed by atoms with E-state index in [1.54, 1.807) is 0 Å². The van der Waals surface area contributed by atoms with Crippen LogP contribution in [0.5, 0.6) is 0 Å². The van der Waals surface area contributed by atoms with Gasteiger partial charge in [-0.2, -0.15) is 0 Å². The van der Waals surface area contributed by atoms with Crippen molar-refractivity contribution in [1.82, 2.24) is 0 Å². The van der Waals surface area contributed by atoms with E-state index >= 15 is 0 Å². The van der Waals surface area contributed by atoms with Crippen molar-refractivity contribution >= 4 is 28.2 Å². The van der Waals surface area contributed by atoms with E-state index in [9.17, 15) is 14.4 Å². The highest BCUT2D eigenvalue weighted by atomic mass is 16.4. The number of anilines is 1. The number of rotatable bonds is 8. The van der Waals surface area contributed by atoms with Crippen molar-refractivity contribution < 1.29 is 14.0 Å². The molecule has 2 atom stereocenters. The van der Waals surface area contributed by atoms with Crippen LogP contribution in [0.1, 0.15) is 52.5 Å².